The van der Waals surface area contributed by atoms with E-state index in [1.54, 1.807) is 6.08 Å². The number of carbonyl (C=O) groups excluding carboxylic acids is 1. The van der Waals surface area contributed by atoms with E-state index in [-0.39, 0.29) is 5.57 Å². The van der Waals surface area contributed by atoms with Gasteiger partial charge in [-0.1, -0.05) is 47.5 Å². The highest BCUT2D eigenvalue weighted by atomic mass is 127. The Hall–Kier alpha value is -2.63. The molecule has 3 aromatic rings. The molecule has 32 heavy (non-hydrogen) atoms. The molecule has 1 amide bonds. The van der Waals surface area contributed by atoms with E-state index in [0.29, 0.717) is 12.3 Å². The van der Waals surface area contributed by atoms with Gasteiger partial charge in [0.05, 0.1) is 8.04 Å². The third-order valence-electron chi connectivity index (χ3n) is 4.79. The molecule has 0 bridgehead atoms. The molecule has 0 atom stereocenters. The number of benzene rings is 3. The lowest BCUT2D eigenvalue weighted by Gasteiger charge is -2.12. The minimum Gasteiger partial charge on any atom is -0.487 e. The van der Waals surface area contributed by atoms with Crippen LogP contribution < -0.4 is 10.1 Å². The number of halogens is 2. The van der Waals surface area contributed by atoms with Crippen molar-refractivity contribution in [2.45, 2.75) is 27.4 Å². The summed E-state index contributed by atoms with van der Waals surface area (Å²) in [6.45, 7) is 6.42. The summed E-state index contributed by atoms with van der Waals surface area (Å²) in [7, 11) is 0. The van der Waals surface area contributed by atoms with Crippen LogP contribution in [0.25, 0.3) is 6.08 Å². The van der Waals surface area contributed by atoms with Crippen molar-refractivity contribution in [1.29, 1.82) is 5.26 Å². The molecule has 0 saturated carbocycles. The normalized spacial score (nSPS) is 11.1. The number of ether oxygens (including phenoxy) is 1. The topological polar surface area (TPSA) is 62.1 Å². The van der Waals surface area contributed by atoms with Crippen molar-refractivity contribution in [3.05, 3.63) is 96.0 Å². The fraction of sp³-hybridized carbons (Fsp3) is 0.154. The molecule has 162 valence electrons. The number of nitriles is 1. The number of aryl methyl sites for hydroxylation is 3. The van der Waals surface area contributed by atoms with Gasteiger partial charge in [-0.25, -0.2) is 0 Å². The summed E-state index contributed by atoms with van der Waals surface area (Å²) in [6, 6.07) is 19.7. The summed E-state index contributed by atoms with van der Waals surface area (Å²) in [6.07, 6.45) is 1.58. The molecular formula is C26H22BrIN2O2. The molecule has 0 radical (unpaired) electrons. The lowest BCUT2D eigenvalue weighted by molar-refractivity contribution is -0.112. The Morgan fingerprint density at radius 2 is 1.88 bits per heavy atom. The fourth-order valence-corrected chi connectivity index (χ4v) is 4.99. The molecule has 0 saturated heterocycles. The number of rotatable bonds is 6. The Kier molecular flexibility index (Phi) is 8.10. The monoisotopic (exact) mass is 600 g/mol. The Morgan fingerprint density at radius 3 is 2.53 bits per heavy atom. The summed E-state index contributed by atoms with van der Waals surface area (Å²) in [5.74, 6) is 0.285. The Labute approximate surface area is 210 Å². The van der Waals surface area contributed by atoms with Gasteiger partial charge in [0.1, 0.15) is 24.0 Å². The van der Waals surface area contributed by atoms with Crippen LogP contribution in [0.2, 0.25) is 0 Å². The van der Waals surface area contributed by atoms with Crippen molar-refractivity contribution in [2.75, 3.05) is 5.32 Å². The quantitative estimate of drug-likeness (QED) is 0.186. The second kappa shape index (κ2) is 10.8. The first-order valence-electron chi connectivity index (χ1n) is 9.94. The predicted molar refractivity (Wildman–Crippen MR) is 141 cm³/mol. The minimum atomic E-state index is -0.439. The van der Waals surface area contributed by atoms with Gasteiger partial charge in [0.2, 0.25) is 0 Å². The van der Waals surface area contributed by atoms with Crippen LogP contribution in [-0.2, 0) is 11.4 Å². The van der Waals surface area contributed by atoms with Crippen molar-refractivity contribution >= 4 is 56.2 Å². The summed E-state index contributed by atoms with van der Waals surface area (Å²) < 4.78 is 7.66. The van der Waals surface area contributed by atoms with Gasteiger partial charge in [-0.05, 0) is 100 Å². The molecule has 0 aromatic heterocycles. The van der Waals surface area contributed by atoms with Gasteiger partial charge < -0.3 is 10.1 Å². The third-order valence-corrected chi connectivity index (χ3v) is 6.18. The van der Waals surface area contributed by atoms with Crippen LogP contribution in [0.5, 0.6) is 5.75 Å². The van der Waals surface area contributed by atoms with Crippen molar-refractivity contribution in [1.82, 2.24) is 0 Å². The Bertz CT molecular complexity index is 1220. The number of carbonyl (C=O) groups is 1. The summed E-state index contributed by atoms with van der Waals surface area (Å²) in [4.78, 5) is 12.7. The maximum atomic E-state index is 12.7. The van der Waals surface area contributed by atoms with Crippen molar-refractivity contribution in [3.8, 4) is 11.8 Å². The molecule has 6 heteroatoms. The summed E-state index contributed by atoms with van der Waals surface area (Å²) in [5.41, 5.74) is 5.79. The molecule has 0 spiro atoms. The standard InChI is InChI=1S/C26H22BrIN2O2/c1-16-5-4-6-19(10-16)15-32-25-22(27)12-20(13-23(25)28)11-21(14-29)26(31)30-24-8-7-17(2)9-18(24)3/h4-13H,15H2,1-3H3,(H,30,31)/b21-11+. The van der Waals surface area contributed by atoms with Crippen LogP contribution >= 0.6 is 38.5 Å². The second-order valence-corrected chi connectivity index (χ2v) is 9.55. The van der Waals surface area contributed by atoms with E-state index in [9.17, 15) is 10.1 Å². The maximum Gasteiger partial charge on any atom is 0.266 e. The largest absolute Gasteiger partial charge is 0.487 e. The molecular weight excluding hydrogens is 579 g/mol. The average Bonchev–Trinajstić information content (AvgIpc) is 2.73. The van der Waals surface area contributed by atoms with Crippen LogP contribution in [-0.4, -0.2) is 5.91 Å². The van der Waals surface area contributed by atoms with Crippen molar-refractivity contribution < 1.29 is 9.53 Å². The number of hydrogen-bond acceptors (Lipinski definition) is 3. The molecule has 4 nitrogen and oxygen atoms in total. The van der Waals surface area contributed by atoms with Crippen molar-refractivity contribution in [2.24, 2.45) is 0 Å². The highest BCUT2D eigenvalue weighted by Crippen LogP contribution is 2.33. The number of anilines is 1. The highest BCUT2D eigenvalue weighted by Gasteiger charge is 2.13. The van der Waals surface area contributed by atoms with E-state index in [2.05, 4.69) is 49.9 Å². The van der Waals surface area contributed by atoms with Crippen LogP contribution in [0.3, 0.4) is 0 Å². The number of hydrogen-bond donors (Lipinski definition) is 1. The van der Waals surface area contributed by atoms with E-state index < -0.39 is 5.91 Å². The van der Waals surface area contributed by atoms with E-state index in [4.69, 9.17) is 4.74 Å². The van der Waals surface area contributed by atoms with E-state index in [0.717, 1.165) is 36.0 Å². The van der Waals surface area contributed by atoms with Crippen molar-refractivity contribution in [3.63, 3.8) is 0 Å². The number of amides is 1. The lowest BCUT2D eigenvalue weighted by atomic mass is 10.1. The van der Waals surface area contributed by atoms with Gasteiger partial charge in [-0.2, -0.15) is 5.26 Å². The van der Waals surface area contributed by atoms with Gasteiger partial charge >= 0.3 is 0 Å². The van der Waals surface area contributed by atoms with Gasteiger partial charge in [-0.3, -0.25) is 4.79 Å². The van der Waals surface area contributed by atoms with Crippen LogP contribution in [0.1, 0.15) is 27.8 Å². The van der Waals surface area contributed by atoms with Gasteiger partial charge in [0.15, 0.2) is 0 Å². The van der Waals surface area contributed by atoms with Gasteiger partial charge in [-0.15, -0.1) is 0 Å². The SMILES string of the molecule is Cc1cccc(COc2c(Br)cc(/C=C(\C#N)C(=O)Nc3ccc(C)cc3C)cc2I)c1. The van der Waals surface area contributed by atoms with Crippen LogP contribution in [0, 0.1) is 35.7 Å². The van der Waals surface area contributed by atoms with Crippen LogP contribution in [0.4, 0.5) is 5.69 Å². The molecule has 0 unspecified atom stereocenters. The minimum absolute atomic E-state index is 0.0288. The van der Waals surface area contributed by atoms with E-state index in [1.807, 2.05) is 75.4 Å². The molecule has 0 fully saturated rings. The smallest absolute Gasteiger partial charge is 0.266 e. The Balaban J connectivity index is 1.78. The first-order valence-corrected chi connectivity index (χ1v) is 11.8. The molecule has 0 aliphatic rings. The maximum absolute atomic E-state index is 12.7. The highest BCUT2D eigenvalue weighted by molar-refractivity contribution is 14.1. The first-order chi connectivity index (χ1) is 15.3. The second-order valence-electron chi connectivity index (χ2n) is 7.53. The third kappa shape index (κ3) is 6.21. The number of nitrogens with one attached hydrogen (secondary N) is 1. The van der Waals surface area contributed by atoms with Crippen LogP contribution in [0.15, 0.2) is 64.6 Å². The molecule has 0 aliphatic heterocycles. The van der Waals surface area contributed by atoms with E-state index in [1.165, 1.54) is 5.56 Å². The number of nitrogens with zero attached hydrogens (tertiary/aromatic N) is 1. The summed E-state index contributed by atoms with van der Waals surface area (Å²) >= 11 is 5.76. The Morgan fingerprint density at radius 1 is 1.12 bits per heavy atom. The fourth-order valence-electron chi connectivity index (χ4n) is 3.22. The molecule has 1 N–H and O–H groups in total. The molecule has 0 aliphatic carbocycles. The molecule has 3 rings (SSSR count). The first kappa shape index (κ1) is 24.0. The zero-order valence-electron chi connectivity index (χ0n) is 18.0. The average molecular weight is 601 g/mol. The summed E-state index contributed by atoms with van der Waals surface area (Å²) in [5, 5.41) is 12.4. The van der Waals surface area contributed by atoms with Gasteiger partial charge in [0, 0.05) is 5.69 Å². The lowest BCUT2D eigenvalue weighted by Crippen LogP contribution is -2.14. The molecule has 0 heterocycles. The van der Waals surface area contributed by atoms with Gasteiger partial charge in [0.25, 0.3) is 5.91 Å². The van der Waals surface area contributed by atoms with E-state index >= 15 is 0 Å². The predicted octanol–water partition coefficient (Wildman–Crippen LogP) is 7.10. The molecule has 3 aromatic carbocycles. The zero-order valence-corrected chi connectivity index (χ0v) is 21.7. The zero-order chi connectivity index (χ0) is 23.3.